The van der Waals surface area contributed by atoms with Gasteiger partial charge in [0.2, 0.25) is 23.8 Å². The normalized spacial score (nSPS) is 7.30. The summed E-state index contributed by atoms with van der Waals surface area (Å²) in [6.07, 6.45) is 0. The minimum absolute atomic E-state index is 0. The molecule has 4 heterocycles. The first-order valence-corrected chi connectivity index (χ1v) is 8.37. The summed E-state index contributed by atoms with van der Waals surface area (Å²) in [5, 5.41) is 61.0. The Labute approximate surface area is 272 Å². The number of carbonyl (C=O) groups is 4. The Hall–Kier alpha value is -5.64. The minimum Gasteiger partial charge on any atom is -0.870 e. The van der Waals surface area contributed by atoms with Gasteiger partial charge in [-0.15, -0.1) is 0 Å². The predicted octanol–water partition coefficient (Wildman–Crippen LogP) is -14.3. The van der Waals surface area contributed by atoms with Crippen molar-refractivity contribution in [2.45, 2.75) is 0 Å². The first-order chi connectivity index (χ1) is 16.8. The molecule has 4 rings (SSSR count). The van der Waals surface area contributed by atoms with Gasteiger partial charge in [0.1, 0.15) is 23.9 Å². The molecule has 26 N–H and O–H groups in total. The maximum absolute atomic E-state index is 9.90. The molecule has 0 aromatic carbocycles. The number of H-pyrrole nitrogens is 4. The van der Waals surface area contributed by atoms with Crippen molar-refractivity contribution < 1.29 is 118 Å². The number of nitrogens with zero attached hydrogens (tertiary/aromatic N) is 8. The molecule has 32 nitrogen and oxygen atoms in total. The van der Waals surface area contributed by atoms with Crippen molar-refractivity contribution >= 4 is 47.7 Å². The summed E-state index contributed by atoms with van der Waals surface area (Å²) in [6.45, 7) is 0. The van der Waals surface area contributed by atoms with Crippen LogP contribution in [-0.2, 0) is 34.1 Å². The van der Waals surface area contributed by atoms with Crippen LogP contribution in [0.3, 0.4) is 0 Å². The van der Waals surface area contributed by atoms with E-state index >= 15 is 0 Å². The van der Waals surface area contributed by atoms with Gasteiger partial charge in [-0.05, 0) is 0 Å². The second-order valence-corrected chi connectivity index (χ2v) is 5.33. The van der Waals surface area contributed by atoms with Crippen molar-refractivity contribution in [3.05, 3.63) is 23.3 Å². The van der Waals surface area contributed by atoms with Crippen molar-refractivity contribution in [3.8, 4) is 0 Å². The first-order valence-electron chi connectivity index (χ1n) is 8.37. The molecule has 0 bridgehead atoms. The number of nitrogens with two attached hydrogens (primary N) is 4. The SMILES string of the molecule is Nc1nc(C(=O)[O-])n[nH]1.Nc1nc(C(=O)[O-])n[nH]1.Nc1nc(C(=O)[O-])n[nH]1.Nc1nc(C(=O)[O-])n[nH]1.O.O.O.O.O.O.[Fe+3].[Fe+3].[OH-].[OH-]. The number of carbonyl (C=O) groups excluding carboxylic acids is 4. The molecule has 0 atom stereocenters. The fourth-order valence-electron chi connectivity index (χ4n) is 1.46. The van der Waals surface area contributed by atoms with Crippen molar-refractivity contribution in [1.29, 1.82) is 0 Å². The van der Waals surface area contributed by atoms with Gasteiger partial charge in [0.25, 0.3) is 0 Å². The Bertz CT molecular complexity index is 1140. The summed E-state index contributed by atoms with van der Waals surface area (Å²) in [4.78, 5) is 52.6. The maximum Gasteiger partial charge on any atom is 3.00 e. The first kappa shape index (κ1) is 67.8. The number of hydrogen-bond acceptors (Lipinski definition) is 22. The largest absolute Gasteiger partial charge is 3.00 e. The molecule has 0 saturated heterocycles. The molecule has 34 heteroatoms. The minimum atomic E-state index is -1.44. The molecular weight excluding hydrogens is 736 g/mol. The number of rotatable bonds is 4. The van der Waals surface area contributed by atoms with Gasteiger partial charge in [-0.3, -0.25) is 0 Å². The Kier molecular flexibility index (Phi) is 47.6. The Morgan fingerprint density at radius 2 is 0.543 bits per heavy atom. The number of nitrogen functional groups attached to an aromatic ring is 4. The molecule has 0 saturated carbocycles. The van der Waals surface area contributed by atoms with E-state index < -0.39 is 47.2 Å². The van der Waals surface area contributed by atoms with Gasteiger partial charge in [0.05, 0.1) is 0 Å². The summed E-state index contributed by atoms with van der Waals surface area (Å²) >= 11 is 0. The van der Waals surface area contributed by atoms with E-state index in [-0.39, 0.29) is 102 Å². The van der Waals surface area contributed by atoms with Gasteiger partial charge in [-0.25, -0.2) is 20.4 Å². The second-order valence-electron chi connectivity index (χ2n) is 5.33. The van der Waals surface area contributed by atoms with Crippen molar-refractivity contribution in [2.24, 2.45) is 0 Å². The van der Waals surface area contributed by atoms with Crippen LogP contribution in [0.15, 0.2) is 0 Å². The molecule has 4 aromatic rings. The van der Waals surface area contributed by atoms with E-state index in [1.54, 1.807) is 0 Å². The fraction of sp³-hybridized carbons (Fsp3) is 0. The van der Waals surface area contributed by atoms with Gasteiger partial charge in [-0.2, -0.15) is 40.3 Å². The van der Waals surface area contributed by atoms with Crippen LogP contribution >= 0.6 is 0 Å². The standard InChI is InChI=1S/4C3H4N4O2.2Fe.8H2O/c4*4-3-5-1(2(8)9)6-7-3;;;;;;;;;;/h4*(H,8,9)(H3,4,5,6,7);;;8*1H2/q;;;;2*+3;;;;;;;;/p-6. The average Bonchev–Trinajstić information content (AvgIpc) is 3.58. The van der Waals surface area contributed by atoms with E-state index in [9.17, 15) is 39.6 Å². The van der Waals surface area contributed by atoms with Gasteiger partial charge in [0, 0.05) is 0 Å². The molecule has 46 heavy (non-hydrogen) atoms. The Morgan fingerprint density at radius 3 is 0.587 bits per heavy atom. The number of hydrogen-bond donors (Lipinski definition) is 8. The predicted molar refractivity (Wildman–Crippen MR) is 126 cm³/mol. The summed E-state index contributed by atoms with van der Waals surface area (Å²) in [7, 11) is 0. The van der Waals surface area contributed by atoms with E-state index in [4.69, 9.17) is 22.9 Å². The van der Waals surface area contributed by atoms with Crippen LogP contribution in [0.2, 0.25) is 0 Å². The van der Waals surface area contributed by atoms with E-state index in [0.717, 1.165) is 0 Å². The molecule has 0 unspecified atom stereocenters. The zero-order chi connectivity index (χ0) is 27.4. The summed E-state index contributed by atoms with van der Waals surface area (Å²) < 4.78 is 0. The van der Waals surface area contributed by atoms with Crippen molar-refractivity contribution in [3.63, 3.8) is 0 Å². The third kappa shape index (κ3) is 24.9. The van der Waals surface area contributed by atoms with Crippen LogP contribution in [0.1, 0.15) is 42.5 Å². The monoisotopic (exact) mass is 762 g/mol. The van der Waals surface area contributed by atoms with Crippen molar-refractivity contribution in [2.75, 3.05) is 22.9 Å². The van der Waals surface area contributed by atoms with Crippen LogP contribution in [0.25, 0.3) is 0 Å². The molecule has 0 aliphatic heterocycles. The van der Waals surface area contributed by atoms with Gasteiger partial charge in [-0.1, -0.05) is 0 Å². The molecule has 0 aliphatic rings. The van der Waals surface area contributed by atoms with Gasteiger partial charge in [0.15, 0.2) is 23.3 Å². The number of aromatic carboxylic acids is 4. The molecular formula is C12H26Fe2N16O16. The topological polar surface area (TPSA) is 680 Å². The number of nitrogens with one attached hydrogen (secondary N) is 4. The summed E-state index contributed by atoms with van der Waals surface area (Å²) in [5.41, 5.74) is 20.0. The van der Waals surface area contributed by atoms with E-state index in [1.807, 2.05) is 0 Å². The number of aromatic amines is 4. The third-order valence-corrected chi connectivity index (χ3v) is 2.74. The van der Waals surface area contributed by atoms with Crippen molar-refractivity contribution in [1.82, 2.24) is 60.7 Å². The van der Waals surface area contributed by atoms with E-state index in [0.29, 0.717) is 0 Å². The third-order valence-electron chi connectivity index (χ3n) is 2.74. The number of carboxylic acids is 4. The number of carboxylic acid groups (broad SMARTS) is 4. The van der Waals surface area contributed by atoms with Crippen LogP contribution in [-0.4, -0.2) is 128 Å². The zero-order valence-corrected chi connectivity index (χ0v) is 24.0. The molecule has 4 aromatic heterocycles. The Morgan fingerprint density at radius 1 is 0.413 bits per heavy atom. The van der Waals surface area contributed by atoms with Crippen LogP contribution in [0.4, 0.5) is 23.8 Å². The van der Waals surface area contributed by atoms with E-state index in [1.165, 1.54) is 0 Å². The molecule has 266 valence electrons. The maximum atomic E-state index is 9.90. The molecule has 0 amide bonds. The second kappa shape index (κ2) is 32.3. The number of anilines is 4. The molecule has 0 fully saturated rings. The Balaban J connectivity index is -0.0000000438. The van der Waals surface area contributed by atoms with Gasteiger partial charge >= 0.3 is 34.1 Å². The van der Waals surface area contributed by atoms with E-state index in [2.05, 4.69) is 60.7 Å². The quantitative estimate of drug-likeness (QED) is 0.0895. The van der Waals surface area contributed by atoms with Gasteiger partial charge < -0.3 is 106 Å². The van der Waals surface area contributed by atoms with Crippen LogP contribution in [0.5, 0.6) is 0 Å². The molecule has 2 radical (unpaired) electrons. The molecule has 0 spiro atoms. The number of aromatic nitrogens is 12. The smallest absolute Gasteiger partial charge is 0.870 e. The average molecular weight is 762 g/mol. The zero-order valence-electron chi connectivity index (χ0n) is 21.8. The van der Waals surface area contributed by atoms with Crippen LogP contribution < -0.4 is 43.4 Å². The summed E-state index contributed by atoms with van der Waals surface area (Å²) in [6, 6.07) is 0. The summed E-state index contributed by atoms with van der Waals surface area (Å²) in [5.74, 6) is -7.59. The fourth-order valence-corrected chi connectivity index (χ4v) is 1.46. The molecule has 0 aliphatic carbocycles. The van der Waals surface area contributed by atoms with Crippen LogP contribution in [0, 0.1) is 0 Å².